The number of carbonyl (C=O) groups excluding carboxylic acids is 1. The third-order valence-electron chi connectivity index (χ3n) is 8.31. The fraction of sp³-hybridized carbons (Fsp3) is 0.733. The summed E-state index contributed by atoms with van der Waals surface area (Å²) in [7, 11) is -1.88. The molecule has 2 rings (SSSR count). The summed E-state index contributed by atoms with van der Waals surface area (Å²) in [6, 6.07) is 9.01. The molecule has 0 saturated heterocycles. The van der Waals surface area contributed by atoms with Gasteiger partial charge in [-0.25, -0.2) is 0 Å². The quantitative estimate of drug-likeness (QED) is 0.192. The number of rotatable bonds is 15. The monoisotopic (exact) mass is 502 g/mol. The van der Waals surface area contributed by atoms with Gasteiger partial charge in [0.15, 0.2) is 8.32 Å². The van der Waals surface area contributed by atoms with Crippen molar-refractivity contribution in [3.63, 3.8) is 0 Å². The molecular formula is C30H50O4Si. The zero-order valence-corrected chi connectivity index (χ0v) is 24.2. The second-order valence-corrected chi connectivity index (χ2v) is 16.9. The first-order valence-corrected chi connectivity index (χ1v) is 16.9. The Hall–Kier alpha value is -1.46. The average Bonchev–Trinajstić information content (AvgIpc) is 3.15. The van der Waals surface area contributed by atoms with E-state index in [1.165, 1.54) is 30.4 Å². The van der Waals surface area contributed by atoms with Crippen LogP contribution in [0, 0.1) is 5.92 Å². The van der Waals surface area contributed by atoms with Gasteiger partial charge in [0.2, 0.25) is 0 Å². The molecule has 1 saturated carbocycles. The molecule has 0 unspecified atom stereocenters. The summed E-state index contributed by atoms with van der Waals surface area (Å²) >= 11 is 0. The molecule has 35 heavy (non-hydrogen) atoms. The highest BCUT2D eigenvalue weighted by atomic mass is 28.4. The zero-order valence-electron chi connectivity index (χ0n) is 23.2. The van der Waals surface area contributed by atoms with E-state index in [4.69, 9.17) is 9.53 Å². The lowest BCUT2D eigenvalue weighted by atomic mass is 9.84. The lowest BCUT2D eigenvalue weighted by Gasteiger charge is -2.39. The Morgan fingerprint density at radius 3 is 2.31 bits per heavy atom. The van der Waals surface area contributed by atoms with Crippen LogP contribution in [-0.2, 0) is 14.0 Å². The van der Waals surface area contributed by atoms with Crippen molar-refractivity contribution in [1.29, 1.82) is 0 Å². The number of hydrogen-bond acceptors (Lipinski definition) is 3. The van der Waals surface area contributed by atoms with Crippen molar-refractivity contribution in [2.24, 2.45) is 5.92 Å². The number of benzene rings is 1. The van der Waals surface area contributed by atoms with Gasteiger partial charge in [-0.3, -0.25) is 9.59 Å². The maximum Gasteiger partial charge on any atom is 0.303 e. The van der Waals surface area contributed by atoms with Crippen LogP contribution in [0.15, 0.2) is 24.3 Å². The minimum atomic E-state index is -1.88. The highest BCUT2D eigenvalue weighted by molar-refractivity contribution is 6.74. The van der Waals surface area contributed by atoms with Gasteiger partial charge in [0.1, 0.15) is 5.78 Å². The molecule has 1 fully saturated rings. The number of unbranched alkanes of at least 4 members (excludes halogenated alkanes) is 5. The summed E-state index contributed by atoms with van der Waals surface area (Å²) in [6.07, 6.45) is 11.3. The number of carbonyl (C=O) groups is 2. The standard InChI is InChI=1S/C30H50O4Si/c1-7-8-11-15-28(34-35(5,6)30(2,3)4)24-19-17-23(18-20-24)25-21-22-27(31)26(25)14-12-9-10-13-16-29(32)33/h17-20,25-26,28H,7-16,21-22H2,1-6H3,(H,32,33)/t25-,26+,28+/m1/s1. The highest BCUT2D eigenvalue weighted by Crippen LogP contribution is 2.43. The van der Waals surface area contributed by atoms with Crippen LogP contribution in [0.3, 0.4) is 0 Å². The van der Waals surface area contributed by atoms with Crippen LogP contribution < -0.4 is 0 Å². The predicted octanol–water partition coefficient (Wildman–Crippen LogP) is 8.82. The van der Waals surface area contributed by atoms with Crippen molar-refractivity contribution in [1.82, 2.24) is 0 Å². The number of carboxylic acid groups (broad SMARTS) is 1. The molecule has 1 aromatic rings. The van der Waals surface area contributed by atoms with Crippen molar-refractivity contribution in [2.75, 3.05) is 0 Å². The summed E-state index contributed by atoms with van der Waals surface area (Å²) in [4.78, 5) is 23.3. The summed E-state index contributed by atoms with van der Waals surface area (Å²) in [5.41, 5.74) is 2.56. The van der Waals surface area contributed by atoms with E-state index >= 15 is 0 Å². The number of carboxylic acids is 1. The van der Waals surface area contributed by atoms with Crippen molar-refractivity contribution in [3.05, 3.63) is 35.4 Å². The summed E-state index contributed by atoms with van der Waals surface area (Å²) < 4.78 is 6.89. The van der Waals surface area contributed by atoms with E-state index in [0.717, 1.165) is 44.9 Å². The van der Waals surface area contributed by atoms with Crippen molar-refractivity contribution in [2.45, 2.75) is 135 Å². The number of aliphatic carboxylic acids is 1. The Kier molecular flexibility index (Phi) is 11.7. The smallest absolute Gasteiger partial charge is 0.303 e. The molecule has 0 aromatic heterocycles. The fourth-order valence-corrected chi connectivity index (χ4v) is 6.35. The van der Waals surface area contributed by atoms with Crippen LogP contribution in [-0.4, -0.2) is 25.2 Å². The van der Waals surface area contributed by atoms with Gasteiger partial charge in [0.05, 0.1) is 6.10 Å². The van der Waals surface area contributed by atoms with Gasteiger partial charge in [0.25, 0.3) is 0 Å². The molecule has 198 valence electrons. The normalized spacial score (nSPS) is 19.8. The molecule has 5 heteroatoms. The van der Waals surface area contributed by atoms with Crippen molar-refractivity contribution >= 4 is 20.1 Å². The maximum atomic E-state index is 12.6. The Morgan fingerprint density at radius 2 is 1.71 bits per heavy atom. The summed E-state index contributed by atoms with van der Waals surface area (Å²) in [5.74, 6) is 0.115. The second-order valence-electron chi connectivity index (χ2n) is 12.1. The van der Waals surface area contributed by atoms with Crippen LogP contribution in [0.2, 0.25) is 18.1 Å². The van der Waals surface area contributed by atoms with Crippen LogP contribution in [0.1, 0.15) is 128 Å². The molecule has 0 aliphatic heterocycles. The molecule has 0 radical (unpaired) electrons. The summed E-state index contributed by atoms with van der Waals surface area (Å²) in [5, 5.41) is 8.97. The zero-order chi connectivity index (χ0) is 26.1. The Balaban J connectivity index is 2.05. The molecule has 0 amide bonds. The second kappa shape index (κ2) is 13.7. The number of hydrogen-bond donors (Lipinski definition) is 1. The minimum absolute atomic E-state index is 0.115. The number of ketones is 1. The molecule has 0 spiro atoms. The molecule has 1 aliphatic carbocycles. The first-order chi connectivity index (χ1) is 16.5. The SMILES string of the molecule is CCCCC[C@H](O[Si](C)(C)C(C)(C)C)c1ccc([C@H]2CCC(=O)[C@H]2CCCCCCC(=O)O)cc1. The molecule has 1 aliphatic rings. The minimum Gasteiger partial charge on any atom is -0.481 e. The van der Waals surface area contributed by atoms with E-state index in [1.54, 1.807) is 0 Å². The van der Waals surface area contributed by atoms with Crippen LogP contribution in [0.5, 0.6) is 0 Å². The van der Waals surface area contributed by atoms with Gasteiger partial charge in [-0.2, -0.15) is 0 Å². The Bertz CT molecular complexity index is 794. The third-order valence-corrected chi connectivity index (χ3v) is 12.8. The molecule has 1 N–H and O–H groups in total. The van der Waals surface area contributed by atoms with E-state index in [0.29, 0.717) is 18.1 Å². The highest BCUT2D eigenvalue weighted by Gasteiger charge is 2.39. The first-order valence-electron chi connectivity index (χ1n) is 14.0. The van der Waals surface area contributed by atoms with Gasteiger partial charge in [-0.1, -0.05) is 90.5 Å². The van der Waals surface area contributed by atoms with Gasteiger partial charge < -0.3 is 9.53 Å². The van der Waals surface area contributed by atoms with Crippen LogP contribution >= 0.6 is 0 Å². The van der Waals surface area contributed by atoms with Crippen molar-refractivity contribution < 1.29 is 19.1 Å². The van der Waals surface area contributed by atoms with E-state index in [2.05, 4.69) is 65.1 Å². The lowest BCUT2D eigenvalue weighted by Crippen LogP contribution is -2.41. The third kappa shape index (κ3) is 9.17. The van der Waals surface area contributed by atoms with Crippen LogP contribution in [0.4, 0.5) is 0 Å². The fourth-order valence-electron chi connectivity index (χ4n) is 5.03. The van der Waals surface area contributed by atoms with Gasteiger partial charge in [-0.05, 0) is 60.9 Å². The Morgan fingerprint density at radius 1 is 1.06 bits per heavy atom. The number of Topliss-reactive ketones (excluding diaryl/α,β-unsaturated/α-hetero) is 1. The maximum absolute atomic E-state index is 12.6. The molecule has 3 atom stereocenters. The molecule has 1 aromatic carbocycles. The molecule has 0 heterocycles. The predicted molar refractivity (Wildman–Crippen MR) is 147 cm³/mol. The van der Waals surface area contributed by atoms with Crippen LogP contribution in [0.25, 0.3) is 0 Å². The average molecular weight is 503 g/mol. The van der Waals surface area contributed by atoms with E-state index in [9.17, 15) is 9.59 Å². The lowest BCUT2D eigenvalue weighted by molar-refractivity contribution is -0.137. The molecular weight excluding hydrogens is 452 g/mol. The van der Waals surface area contributed by atoms with E-state index < -0.39 is 14.3 Å². The Labute approximate surface area is 215 Å². The van der Waals surface area contributed by atoms with Gasteiger partial charge in [-0.15, -0.1) is 0 Å². The molecule has 0 bridgehead atoms. The van der Waals surface area contributed by atoms with Gasteiger partial charge >= 0.3 is 5.97 Å². The van der Waals surface area contributed by atoms with Crippen molar-refractivity contribution in [3.8, 4) is 0 Å². The largest absolute Gasteiger partial charge is 0.481 e. The molecule has 4 nitrogen and oxygen atoms in total. The first kappa shape index (κ1) is 29.8. The van der Waals surface area contributed by atoms with E-state index in [-0.39, 0.29) is 23.5 Å². The summed E-state index contributed by atoms with van der Waals surface area (Å²) in [6.45, 7) is 13.8. The van der Waals surface area contributed by atoms with Gasteiger partial charge in [0, 0.05) is 18.8 Å². The van der Waals surface area contributed by atoms with E-state index in [1.807, 2.05) is 0 Å². The topological polar surface area (TPSA) is 63.6 Å².